The van der Waals surface area contributed by atoms with Crippen LogP contribution in [0.1, 0.15) is 26.4 Å². The van der Waals surface area contributed by atoms with Crippen molar-refractivity contribution in [1.29, 1.82) is 0 Å². The number of amides is 1. The highest BCUT2D eigenvalue weighted by Crippen LogP contribution is 2.25. The zero-order chi connectivity index (χ0) is 14.7. The van der Waals surface area contributed by atoms with Crippen LogP contribution < -0.4 is 5.32 Å². The molecule has 0 radical (unpaired) electrons. The second kappa shape index (κ2) is 5.71. The maximum atomic E-state index is 12.1. The Bertz CT molecular complexity index is 666. The van der Waals surface area contributed by atoms with Gasteiger partial charge >= 0.3 is 5.97 Å². The summed E-state index contributed by atoms with van der Waals surface area (Å²) in [6, 6.07) is 7.91. The number of aryl methyl sites for hydroxylation is 1. The number of nitrogens with one attached hydrogen (secondary N) is 1. The summed E-state index contributed by atoms with van der Waals surface area (Å²) < 4.78 is 0. The molecular weight excluding hydrogens is 280 g/mol. The van der Waals surface area contributed by atoms with Crippen molar-refractivity contribution in [2.24, 2.45) is 0 Å². The SMILES string of the molecule is Cc1cccc(Cl)c1NC(=O)c1ccnc(C(=O)O)c1. The van der Waals surface area contributed by atoms with E-state index in [0.717, 1.165) is 5.56 Å². The third-order valence-corrected chi connectivity index (χ3v) is 3.02. The van der Waals surface area contributed by atoms with Gasteiger partial charge in [0.1, 0.15) is 5.69 Å². The zero-order valence-electron chi connectivity index (χ0n) is 10.6. The standard InChI is InChI=1S/C14H11ClN2O3/c1-8-3-2-4-10(15)12(8)17-13(18)9-5-6-16-11(7-9)14(19)20/h2-7H,1H3,(H,17,18)(H,19,20). The molecule has 0 unspecified atom stereocenters. The highest BCUT2D eigenvalue weighted by atomic mass is 35.5. The van der Waals surface area contributed by atoms with Crippen molar-refractivity contribution < 1.29 is 14.7 Å². The minimum absolute atomic E-state index is 0.187. The third-order valence-electron chi connectivity index (χ3n) is 2.70. The van der Waals surface area contributed by atoms with Gasteiger partial charge in [-0.05, 0) is 30.7 Å². The Balaban J connectivity index is 2.29. The molecule has 0 aliphatic rings. The van der Waals surface area contributed by atoms with Crippen LogP contribution in [0.5, 0.6) is 0 Å². The first-order valence-electron chi connectivity index (χ1n) is 5.75. The fourth-order valence-corrected chi connectivity index (χ4v) is 1.93. The Morgan fingerprint density at radius 3 is 2.70 bits per heavy atom. The lowest BCUT2D eigenvalue weighted by Gasteiger charge is -2.10. The van der Waals surface area contributed by atoms with Crippen LogP contribution >= 0.6 is 11.6 Å². The first kappa shape index (κ1) is 14.0. The van der Waals surface area contributed by atoms with E-state index in [9.17, 15) is 9.59 Å². The molecular formula is C14H11ClN2O3. The summed E-state index contributed by atoms with van der Waals surface area (Å²) >= 11 is 6.02. The Morgan fingerprint density at radius 2 is 2.05 bits per heavy atom. The molecule has 2 rings (SSSR count). The van der Waals surface area contributed by atoms with Crippen molar-refractivity contribution in [3.05, 3.63) is 58.4 Å². The smallest absolute Gasteiger partial charge is 0.354 e. The normalized spacial score (nSPS) is 10.1. The van der Waals surface area contributed by atoms with Gasteiger partial charge in [0.05, 0.1) is 10.7 Å². The van der Waals surface area contributed by atoms with Gasteiger partial charge in [-0.3, -0.25) is 4.79 Å². The highest BCUT2D eigenvalue weighted by molar-refractivity contribution is 6.34. The molecule has 0 bridgehead atoms. The molecule has 20 heavy (non-hydrogen) atoms. The van der Waals surface area contributed by atoms with Crippen molar-refractivity contribution in [2.75, 3.05) is 5.32 Å². The van der Waals surface area contributed by atoms with Gasteiger partial charge in [-0.1, -0.05) is 23.7 Å². The Hall–Kier alpha value is -2.40. The van der Waals surface area contributed by atoms with Gasteiger partial charge in [0.25, 0.3) is 5.91 Å². The first-order chi connectivity index (χ1) is 9.49. The number of benzene rings is 1. The maximum Gasteiger partial charge on any atom is 0.354 e. The molecule has 2 N–H and O–H groups in total. The number of aromatic carboxylic acids is 1. The molecule has 1 heterocycles. The predicted molar refractivity (Wildman–Crippen MR) is 75.3 cm³/mol. The third kappa shape index (κ3) is 2.95. The molecule has 0 aliphatic heterocycles. The molecule has 0 spiro atoms. The van der Waals surface area contributed by atoms with E-state index < -0.39 is 11.9 Å². The van der Waals surface area contributed by atoms with Crippen molar-refractivity contribution >= 4 is 29.2 Å². The number of rotatable bonds is 3. The van der Waals surface area contributed by atoms with E-state index in [2.05, 4.69) is 10.3 Å². The second-order valence-corrected chi connectivity index (χ2v) is 4.53. The van der Waals surface area contributed by atoms with Gasteiger partial charge in [0.15, 0.2) is 0 Å². The average molecular weight is 291 g/mol. The fourth-order valence-electron chi connectivity index (χ4n) is 1.66. The van der Waals surface area contributed by atoms with Gasteiger partial charge in [-0.25, -0.2) is 9.78 Å². The average Bonchev–Trinajstić information content (AvgIpc) is 2.43. The van der Waals surface area contributed by atoms with Crippen molar-refractivity contribution in [1.82, 2.24) is 4.98 Å². The van der Waals surface area contributed by atoms with Crippen molar-refractivity contribution in [3.8, 4) is 0 Å². The van der Waals surface area contributed by atoms with Crippen LogP contribution in [0.15, 0.2) is 36.5 Å². The summed E-state index contributed by atoms with van der Waals surface area (Å²) in [6.07, 6.45) is 1.28. The van der Waals surface area contributed by atoms with E-state index in [1.54, 1.807) is 12.1 Å². The molecule has 1 aromatic heterocycles. The molecule has 2 aromatic rings. The summed E-state index contributed by atoms with van der Waals surface area (Å²) in [5.41, 5.74) is 1.34. The summed E-state index contributed by atoms with van der Waals surface area (Å²) in [6.45, 7) is 1.82. The molecule has 102 valence electrons. The molecule has 1 amide bonds. The lowest BCUT2D eigenvalue weighted by Crippen LogP contribution is -2.14. The Kier molecular flexibility index (Phi) is 4.00. The summed E-state index contributed by atoms with van der Waals surface area (Å²) in [4.78, 5) is 26.6. The highest BCUT2D eigenvalue weighted by Gasteiger charge is 2.13. The number of carbonyl (C=O) groups is 2. The van der Waals surface area contributed by atoms with Gasteiger partial charge in [-0.15, -0.1) is 0 Å². The summed E-state index contributed by atoms with van der Waals surface area (Å²) in [5.74, 6) is -1.63. The summed E-state index contributed by atoms with van der Waals surface area (Å²) in [5, 5.41) is 11.9. The van der Waals surface area contributed by atoms with E-state index >= 15 is 0 Å². The van der Waals surface area contributed by atoms with Crippen LogP contribution in [0.2, 0.25) is 5.02 Å². The van der Waals surface area contributed by atoms with Crippen LogP contribution in [-0.4, -0.2) is 22.0 Å². The summed E-state index contributed by atoms with van der Waals surface area (Å²) in [7, 11) is 0. The number of para-hydroxylation sites is 1. The van der Waals surface area contributed by atoms with Crippen molar-refractivity contribution in [3.63, 3.8) is 0 Å². The molecule has 1 aromatic carbocycles. The first-order valence-corrected chi connectivity index (χ1v) is 6.12. The molecule has 0 saturated carbocycles. The van der Waals surface area contributed by atoms with Gasteiger partial charge < -0.3 is 10.4 Å². The van der Waals surface area contributed by atoms with Gasteiger partial charge in [-0.2, -0.15) is 0 Å². The van der Waals surface area contributed by atoms with Crippen LogP contribution in [0.4, 0.5) is 5.69 Å². The Morgan fingerprint density at radius 1 is 1.30 bits per heavy atom. The number of hydrogen-bond acceptors (Lipinski definition) is 3. The van der Waals surface area contributed by atoms with E-state index in [0.29, 0.717) is 10.7 Å². The topological polar surface area (TPSA) is 79.3 Å². The van der Waals surface area contributed by atoms with Gasteiger partial charge in [0, 0.05) is 11.8 Å². The molecule has 0 saturated heterocycles. The maximum absolute atomic E-state index is 12.1. The number of carboxylic acid groups (broad SMARTS) is 1. The number of anilines is 1. The predicted octanol–water partition coefficient (Wildman–Crippen LogP) is 2.99. The zero-order valence-corrected chi connectivity index (χ0v) is 11.3. The quantitative estimate of drug-likeness (QED) is 0.911. The van der Waals surface area contributed by atoms with Crippen LogP contribution in [0.25, 0.3) is 0 Å². The number of pyridine rings is 1. The lowest BCUT2D eigenvalue weighted by molar-refractivity contribution is 0.0690. The van der Waals surface area contributed by atoms with Crippen molar-refractivity contribution in [2.45, 2.75) is 6.92 Å². The number of nitrogens with zero attached hydrogens (tertiary/aromatic N) is 1. The molecule has 0 aliphatic carbocycles. The largest absolute Gasteiger partial charge is 0.477 e. The number of hydrogen-bond donors (Lipinski definition) is 2. The molecule has 0 atom stereocenters. The van der Waals surface area contributed by atoms with Crippen LogP contribution in [0.3, 0.4) is 0 Å². The molecule has 6 heteroatoms. The van der Waals surface area contributed by atoms with Gasteiger partial charge in [0.2, 0.25) is 0 Å². The monoisotopic (exact) mass is 290 g/mol. The van der Waals surface area contributed by atoms with Crippen LogP contribution in [-0.2, 0) is 0 Å². The lowest BCUT2D eigenvalue weighted by atomic mass is 10.1. The number of halogens is 1. The van der Waals surface area contributed by atoms with E-state index in [1.165, 1.54) is 18.3 Å². The van der Waals surface area contributed by atoms with E-state index in [4.69, 9.17) is 16.7 Å². The van der Waals surface area contributed by atoms with E-state index in [1.807, 2.05) is 13.0 Å². The fraction of sp³-hybridized carbons (Fsp3) is 0.0714. The second-order valence-electron chi connectivity index (χ2n) is 4.12. The Labute approximate surface area is 120 Å². The minimum atomic E-state index is -1.19. The number of carboxylic acids is 1. The number of carbonyl (C=O) groups excluding carboxylic acids is 1. The van der Waals surface area contributed by atoms with E-state index in [-0.39, 0.29) is 11.3 Å². The minimum Gasteiger partial charge on any atom is -0.477 e. The molecule has 5 nitrogen and oxygen atoms in total. The molecule has 0 fully saturated rings. The number of aromatic nitrogens is 1. The van der Waals surface area contributed by atoms with Crippen LogP contribution in [0, 0.1) is 6.92 Å².